The maximum atomic E-state index is 10.8. The highest BCUT2D eigenvalue weighted by molar-refractivity contribution is 7.90. The summed E-state index contributed by atoms with van der Waals surface area (Å²) < 4.78 is 21.6. The summed E-state index contributed by atoms with van der Waals surface area (Å²) in [7, 11) is -2.78. The smallest absolute Gasteiger partial charge is 0.148 e. The molecule has 3 nitrogen and oxygen atoms in total. The molecule has 5 heteroatoms. The first kappa shape index (κ1) is 11.2. The van der Waals surface area contributed by atoms with Crippen LogP contribution in [0.4, 0.5) is 0 Å². The lowest BCUT2D eigenvalue weighted by Crippen LogP contribution is -2.54. The molecule has 1 aliphatic heterocycles. The van der Waals surface area contributed by atoms with E-state index >= 15 is 0 Å². The summed E-state index contributed by atoms with van der Waals surface area (Å²) in [6, 6.07) is 0. The maximum absolute atomic E-state index is 10.8. The highest BCUT2D eigenvalue weighted by Crippen LogP contribution is 2.22. The maximum Gasteiger partial charge on any atom is 0.148 e. The Balaban J connectivity index is 0.000001000. The van der Waals surface area contributed by atoms with Crippen LogP contribution in [0.1, 0.15) is 6.92 Å². The van der Waals surface area contributed by atoms with Crippen molar-refractivity contribution in [1.82, 2.24) is 5.32 Å². The normalized spacial score (nSPS) is 21.6. The van der Waals surface area contributed by atoms with Crippen molar-refractivity contribution in [2.75, 3.05) is 25.1 Å². The van der Waals surface area contributed by atoms with Gasteiger partial charge in [-0.1, -0.05) is 6.92 Å². The van der Waals surface area contributed by atoms with Gasteiger partial charge in [-0.05, 0) is 0 Å². The van der Waals surface area contributed by atoms with E-state index in [4.69, 9.17) is 0 Å². The molecule has 0 atom stereocenters. The number of nitrogens with one attached hydrogen (secondary N) is 1. The third-order valence-electron chi connectivity index (χ3n) is 1.71. The van der Waals surface area contributed by atoms with Crippen LogP contribution in [0, 0.1) is 5.41 Å². The third-order valence-corrected chi connectivity index (χ3v) is 2.94. The van der Waals surface area contributed by atoms with Crippen LogP contribution in [0.3, 0.4) is 0 Å². The molecule has 0 radical (unpaired) electrons. The number of rotatable bonds is 2. The molecule has 68 valence electrons. The summed E-state index contributed by atoms with van der Waals surface area (Å²) >= 11 is 0. The molecule has 0 aromatic heterocycles. The van der Waals surface area contributed by atoms with Gasteiger partial charge >= 0.3 is 0 Å². The third kappa shape index (κ3) is 3.40. The lowest BCUT2D eigenvalue weighted by molar-refractivity contribution is 0.229. The van der Waals surface area contributed by atoms with Gasteiger partial charge in [-0.15, -0.1) is 12.4 Å². The molecule has 0 bridgehead atoms. The van der Waals surface area contributed by atoms with Gasteiger partial charge in [0.1, 0.15) is 9.84 Å². The Morgan fingerprint density at radius 3 is 2.00 bits per heavy atom. The molecule has 1 saturated heterocycles. The van der Waals surface area contributed by atoms with Gasteiger partial charge in [0.15, 0.2) is 0 Å². The predicted octanol–water partition coefficient (Wildman–Crippen LogP) is 0.0623. The second-order valence-electron chi connectivity index (χ2n) is 3.48. The zero-order valence-corrected chi connectivity index (χ0v) is 8.39. The van der Waals surface area contributed by atoms with Crippen LogP contribution in [0.5, 0.6) is 0 Å². The SMILES string of the molecule is CC1(CS(C)(=O)=O)CNC1.Cl. The van der Waals surface area contributed by atoms with Crippen LogP contribution in [0.15, 0.2) is 0 Å². The minimum absolute atomic E-state index is 0. The Morgan fingerprint density at radius 2 is 1.91 bits per heavy atom. The average Bonchev–Trinajstić information content (AvgIpc) is 1.57. The molecule has 1 aliphatic rings. The second-order valence-corrected chi connectivity index (χ2v) is 5.62. The number of hydrogen-bond donors (Lipinski definition) is 1. The van der Waals surface area contributed by atoms with E-state index in [1.165, 1.54) is 6.26 Å². The van der Waals surface area contributed by atoms with Gasteiger partial charge < -0.3 is 5.32 Å². The van der Waals surface area contributed by atoms with E-state index in [-0.39, 0.29) is 17.8 Å². The molecule has 1 heterocycles. The van der Waals surface area contributed by atoms with Gasteiger partial charge in [-0.2, -0.15) is 0 Å². The minimum Gasteiger partial charge on any atom is -0.315 e. The zero-order valence-electron chi connectivity index (χ0n) is 6.75. The summed E-state index contributed by atoms with van der Waals surface area (Å²) in [4.78, 5) is 0. The molecular formula is C6H14ClNO2S. The molecule has 0 spiro atoms. The fourth-order valence-electron chi connectivity index (χ4n) is 1.29. The molecule has 1 N–H and O–H groups in total. The van der Waals surface area contributed by atoms with Gasteiger partial charge in [-0.3, -0.25) is 0 Å². The standard InChI is InChI=1S/C6H13NO2S.ClH/c1-6(3-7-4-6)5-10(2,8)9;/h7H,3-5H2,1-2H3;1H. The number of halogens is 1. The van der Waals surface area contributed by atoms with E-state index in [1.54, 1.807) is 0 Å². The van der Waals surface area contributed by atoms with E-state index < -0.39 is 9.84 Å². The first-order valence-electron chi connectivity index (χ1n) is 3.30. The summed E-state index contributed by atoms with van der Waals surface area (Å²) in [6.45, 7) is 3.66. The topological polar surface area (TPSA) is 46.2 Å². The molecule has 0 unspecified atom stereocenters. The van der Waals surface area contributed by atoms with Crippen molar-refractivity contribution in [2.24, 2.45) is 5.41 Å². The molecule has 0 aromatic carbocycles. The predicted molar refractivity (Wildman–Crippen MR) is 47.9 cm³/mol. The van der Waals surface area contributed by atoms with Crippen LogP contribution < -0.4 is 5.32 Å². The van der Waals surface area contributed by atoms with Crippen molar-refractivity contribution in [3.8, 4) is 0 Å². The lowest BCUT2D eigenvalue weighted by Gasteiger charge is -2.38. The van der Waals surface area contributed by atoms with E-state index in [0.29, 0.717) is 5.75 Å². The van der Waals surface area contributed by atoms with Crippen molar-refractivity contribution in [3.63, 3.8) is 0 Å². The first-order chi connectivity index (χ1) is 4.41. The van der Waals surface area contributed by atoms with E-state index in [0.717, 1.165) is 13.1 Å². The van der Waals surface area contributed by atoms with E-state index in [2.05, 4.69) is 5.32 Å². The number of sulfone groups is 1. The fourth-order valence-corrected chi connectivity index (χ4v) is 2.76. The Hall–Kier alpha value is 0.200. The van der Waals surface area contributed by atoms with Crippen molar-refractivity contribution in [3.05, 3.63) is 0 Å². The average molecular weight is 200 g/mol. The Bertz CT molecular complexity index is 221. The number of hydrogen-bond acceptors (Lipinski definition) is 3. The highest BCUT2D eigenvalue weighted by atomic mass is 35.5. The quantitative estimate of drug-likeness (QED) is 0.685. The summed E-state index contributed by atoms with van der Waals surface area (Å²) in [5.41, 5.74) is 0.00752. The Morgan fingerprint density at radius 1 is 1.45 bits per heavy atom. The van der Waals surface area contributed by atoms with Crippen molar-refractivity contribution in [1.29, 1.82) is 0 Å². The molecule has 0 aromatic rings. The van der Waals surface area contributed by atoms with Crippen LogP contribution in [-0.2, 0) is 9.84 Å². The van der Waals surface area contributed by atoms with Crippen LogP contribution in [-0.4, -0.2) is 33.5 Å². The van der Waals surface area contributed by atoms with Crippen LogP contribution in [0.2, 0.25) is 0 Å². The largest absolute Gasteiger partial charge is 0.315 e. The molecule has 1 fully saturated rings. The molecule has 0 saturated carbocycles. The molecule has 0 aliphatic carbocycles. The Kier molecular flexibility index (Phi) is 3.35. The molecular weight excluding hydrogens is 186 g/mol. The summed E-state index contributed by atoms with van der Waals surface area (Å²) in [6.07, 6.45) is 1.29. The monoisotopic (exact) mass is 199 g/mol. The summed E-state index contributed by atoms with van der Waals surface area (Å²) in [5, 5.41) is 3.06. The first-order valence-corrected chi connectivity index (χ1v) is 5.36. The van der Waals surface area contributed by atoms with Gasteiger partial charge in [0.05, 0.1) is 5.75 Å². The minimum atomic E-state index is -2.78. The lowest BCUT2D eigenvalue weighted by atomic mass is 9.87. The fraction of sp³-hybridized carbons (Fsp3) is 1.00. The van der Waals surface area contributed by atoms with Crippen LogP contribution in [0.25, 0.3) is 0 Å². The summed E-state index contributed by atoms with van der Waals surface area (Å²) in [5.74, 6) is 0.312. The highest BCUT2D eigenvalue weighted by Gasteiger charge is 2.34. The second kappa shape index (κ2) is 3.29. The van der Waals surface area contributed by atoms with Gasteiger partial charge in [0.2, 0.25) is 0 Å². The molecule has 0 amide bonds. The molecule has 11 heavy (non-hydrogen) atoms. The van der Waals surface area contributed by atoms with Crippen molar-refractivity contribution in [2.45, 2.75) is 6.92 Å². The van der Waals surface area contributed by atoms with Crippen LogP contribution >= 0.6 is 12.4 Å². The Labute approximate surface area is 73.9 Å². The van der Waals surface area contributed by atoms with E-state index in [9.17, 15) is 8.42 Å². The van der Waals surface area contributed by atoms with Crippen molar-refractivity contribution < 1.29 is 8.42 Å². The van der Waals surface area contributed by atoms with E-state index in [1.807, 2.05) is 6.92 Å². The molecule has 1 rings (SSSR count). The zero-order chi connectivity index (χ0) is 7.83. The van der Waals surface area contributed by atoms with Gasteiger partial charge in [0, 0.05) is 24.8 Å². The van der Waals surface area contributed by atoms with Crippen molar-refractivity contribution >= 4 is 22.2 Å². The van der Waals surface area contributed by atoms with Gasteiger partial charge in [-0.25, -0.2) is 8.42 Å². The van der Waals surface area contributed by atoms with Gasteiger partial charge in [0.25, 0.3) is 0 Å².